The summed E-state index contributed by atoms with van der Waals surface area (Å²) in [5, 5.41) is 8.85. The zero-order chi connectivity index (χ0) is 13.1. The second-order valence-corrected chi connectivity index (χ2v) is 5.48. The highest BCUT2D eigenvalue weighted by molar-refractivity contribution is 9.10. The van der Waals surface area contributed by atoms with Crippen LogP contribution in [0.3, 0.4) is 0 Å². The summed E-state index contributed by atoms with van der Waals surface area (Å²) in [6.07, 6.45) is 0. The predicted molar refractivity (Wildman–Crippen MR) is 71.6 cm³/mol. The average molecular weight is 327 g/mol. The lowest BCUT2D eigenvalue weighted by molar-refractivity contribution is 0.0696. The van der Waals surface area contributed by atoms with E-state index in [2.05, 4.69) is 15.9 Å². The molecule has 0 aliphatic carbocycles. The van der Waals surface area contributed by atoms with Gasteiger partial charge in [0.2, 0.25) is 0 Å². The first kappa shape index (κ1) is 13.1. The maximum Gasteiger partial charge on any atom is 0.335 e. The van der Waals surface area contributed by atoms with Crippen molar-refractivity contribution < 1.29 is 14.3 Å². The predicted octanol–water partition coefficient (Wildman–Crippen LogP) is 4.44. The van der Waals surface area contributed by atoms with E-state index in [1.165, 1.54) is 36.0 Å². The lowest BCUT2D eigenvalue weighted by Gasteiger charge is -2.05. The molecule has 18 heavy (non-hydrogen) atoms. The van der Waals surface area contributed by atoms with Gasteiger partial charge in [0.15, 0.2) is 0 Å². The van der Waals surface area contributed by atoms with Crippen LogP contribution in [0.2, 0.25) is 0 Å². The first-order valence-corrected chi connectivity index (χ1v) is 6.63. The highest BCUT2D eigenvalue weighted by Gasteiger charge is 2.08. The maximum atomic E-state index is 13.0. The molecule has 2 rings (SSSR count). The van der Waals surface area contributed by atoms with Crippen molar-refractivity contribution in [3.8, 4) is 0 Å². The zero-order valence-corrected chi connectivity index (χ0v) is 11.5. The Labute approximate surface area is 116 Å². The van der Waals surface area contributed by atoms with E-state index < -0.39 is 5.97 Å². The fourth-order valence-corrected chi connectivity index (χ4v) is 2.86. The molecule has 2 aromatic rings. The molecule has 0 saturated heterocycles. The Morgan fingerprint density at radius 3 is 2.61 bits per heavy atom. The Bertz CT molecular complexity index is 601. The highest BCUT2D eigenvalue weighted by atomic mass is 79.9. The molecule has 0 fully saturated rings. The van der Waals surface area contributed by atoms with Crippen LogP contribution in [0.5, 0.6) is 0 Å². The molecule has 2 nitrogen and oxygen atoms in total. The summed E-state index contributed by atoms with van der Waals surface area (Å²) in [5.41, 5.74) is 0.213. The Kier molecular flexibility index (Phi) is 4.04. The third-order valence-electron chi connectivity index (χ3n) is 2.20. The lowest BCUT2D eigenvalue weighted by Crippen LogP contribution is -1.95. The van der Waals surface area contributed by atoms with Crippen molar-refractivity contribution in [3.63, 3.8) is 0 Å². The van der Waals surface area contributed by atoms with Crippen molar-refractivity contribution in [2.24, 2.45) is 0 Å². The summed E-state index contributed by atoms with van der Waals surface area (Å²) in [7, 11) is 0. The Hall–Kier alpha value is -1.33. The van der Waals surface area contributed by atoms with Crippen molar-refractivity contribution in [1.29, 1.82) is 0 Å². The van der Waals surface area contributed by atoms with E-state index in [0.717, 1.165) is 9.79 Å². The Morgan fingerprint density at radius 2 is 2.00 bits per heavy atom. The smallest absolute Gasteiger partial charge is 0.335 e. The van der Waals surface area contributed by atoms with E-state index in [1.54, 1.807) is 18.2 Å². The minimum Gasteiger partial charge on any atom is -0.478 e. The first-order valence-electron chi connectivity index (χ1n) is 5.02. The molecular formula is C13H8BrFO2S. The van der Waals surface area contributed by atoms with Gasteiger partial charge < -0.3 is 5.11 Å². The molecule has 0 aromatic heterocycles. The third-order valence-corrected chi connectivity index (χ3v) is 4.19. The molecule has 0 aliphatic rings. The second-order valence-electron chi connectivity index (χ2n) is 3.51. The molecule has 0 amide bonds. The SMILES string of the molecule is O=C(O)c1ccc(Sc2cccc(F)c2)c(Br)c1. The van der Waals surface area contributed by atoms with Crippen molar-refractivity contribution in [2.45, 2.75) is 9.79 Å². The van der Waals surface area contributed by atoms with Gasteiger partial charge in [0.05, 0.1) is 5.56 Å². The van der Waals surface area contributed by atoms with Crippen molar-refractivity contribution in [3.05, 3.63) is 58.3 Å². The van der Waals surface area contributed by atoms with Gasteiger partial charge in [-0.15, -0.1) is 0 Å². The van der Waals surface area contributed by atoms with Crippen molar-refractivity contribution in [2.75, 3.05) is 0 Å². The second kappa shape index (κ2) is 5.54. The van der Waals surface area contributed by atoms with Crippen molar-refractivity contribution in [1.82, 2.24) is 0 Å². The number of rotatable bonds is 3. The number of hydrogen-bond acceptors (Lipinski definition) is 2. The van der Waals surface area contributed by atoms with Gasteiger partial charge in [0.25, 0.3) is 0 Å². The summed E-state index contributed by atoms with van der Waals surface area (Å²) in [5.74, 6) is -1.27. The molecule has 0 bridgehead atoms. The van der Waals surface area contributed by atoms with Gasteiger partial charge in [-0.1, -0.05) is 17.8 Å². The molecule has 1 N–H and O–H groups in total. The van der Waals surface area contributed by atoms with E-state index in [0.29, 0.717) is 4.47 Å². The molecule has 5 heteroatoms. The van der Waals surface area contributed by atoms with Gasteiger partial charge in [-0.25, -0.2) is 9.18 Å². The summed E-state index contributed by atoms with van der Waals surface area (Å²) < 4.78 is 13.7. The fourth-order valence-electron chi connectivity index (χ4n) is 1.37. The maximum absolute atomic E-state index is 13.0. The number of aromatic carboxylic acids is 1. The number of carbonyl (C=O) groups is 1. The van der Waals surface area contributed by atoms with Gasteiger partial charge in [-0.3, -0.25) is 0 Å². The van der Waals surface area contributed by atoms with Gasteiger partial charge in [0, 0.05) is 14.3 Å². The van der Waals surface area contributed by atoms with Crippen molar-refractivity contribution >= 4 is 33.7 Å². The average Bonchev–Trinajstić information content (AvgIpc) is 2.31. The molecule has 2 aromatic carbocycles. The highest BCUT2D eigenvalue weighted by Crippen LogP contribution is 2.34. The molecule has 0 spiro atoms. The van der Waals surface area contributed by atoms with Gasteiger partial charge in [-0.2, -0.15) is 0 Å². The number of carboxylic acid groups (broad SMARTS) is 1. The third kappa shape index (κ3) is 3.11. The summed E-state index contributed by atoms with van der Waals surface area (Å²) in [6.45, 7) is 0. The summed E-state index contributed by atoms with van der Waals surface area (Å²) in [4.78, 5) is 12.4. The molecule has 0 saturated carbocycles. The monoisotopic (exact) mass is 326 g/mol. The van der Waals surface area contributed by atoms with E-state index in [4.69, 9.17) is 5.11 Å². The molecule has 0 radical (unpaired) electrons. The quantitative estimate of drug-likeness (QED) is 0.906. The molecule has 0 unspecified atom stereocenters. The van der Waals surface area contributed by atoms with E-state index in [1.807, 2.05) is 0 Å². The van der Waals surface area contributed by atoms with Crippen LogP contribution in [-0.4, -0.2) is 11.1 Å². The normalized spacial score (nSPS) is 10.3. The van der Waals surface area contributed by atoms with Crippen LogP contribution >= 0.6 is 27.7 Å². The van der Waals surface area contributed by atoms with Crippen LogP contribution in [0, 0.1) is 5.82 Å². The first-order chi connectivity index (χ1) is 8.56. The lowest BCUT2D eigenvalue weighted by atomic mass is 10.2. The Balaban J connectivity index is 2.27. The van der Waals surface area contributed by atoms with E-state index >= 15 is 0 Å². The molecule has 0 heterocycles. The van der Waals surface area contributed by atoms with E-state index in [-0.39, 0.29) is 11.4 Å². The number of carboxylic acids is 1. The number of benzene rings is 2. The summed E-state index contributed by atoms with van der Waals surface area (Å²) >= 11 is 4.68. The van der Waals surface area contributed by atoms with Gasteiger partial charge in [-0.05, 0) is 52.3 Å². The minimum absolute atomic E-state index is 0.213. The topological polar surface area (TPSA) is 37.3 Å². The molecule has 0 atom stereocenters. The van der Waals surface area contributed by atoms with Gasteiger partial charge >= 0.3 is 5.97 Å². The standard InChI is InChI=1S/C13H8BrFO2S/c14-11-6-8(13(16)17)4-5-12(11)18-10-3-1-2-9(15)7-10/h1-7H,(H,16,17). The summed E-state index contributed by atoms with van der Waals surface area (Å²) in [6, 6.07) is 11.0. The number of halogens is 2. The van der Waals surface area contributed by atoms with Crippen LogP contribution in [0.1, 0.15) is 10.4 Å². The molecular weight excluding hydrogens is 319 g/mol. The fraction of sp³-hybridized carbons (Fsp3) is 0. The zero-order valence-electron chi connectivity index (χ0n) is 9.06. The van der Waals surface area contributed by atoms with E-state index in [9.17, 15) is 9.18 Å². The molecule has 0 aliphatic heterocycles. The van der Waals surface area contributed by atoms with Gasteiger partial charge in [0.1, 0.15) is 5.82 Å². The largest absolute Gasteiger partial charge is 0.478 e. The molecule has 92 valence electrons. The Morgan fingerprint density at radius 1 is 1.22 bits per heavy atom. The van der Waals surface area contributed by atoms with Crippen LogP contribution < -0.4 is 0 Å². The van der Waals surface area contributed by atoms with Crippen LogP contribution in [0.15, 0.2) is 56.7 Å². The minimum atomic E-state index is -0.974. The number of hydrogen-bond donors (Lipinski definition) is 1. The van der Waals surface area contributed by atoms with Crippen LogP contribution in [-0.2, 0) is 0 Å². The van der Waals surface area contributed by atoms with Crippen LogP contribution in [0.25, 0.3) is 0 Å². The van der Waals surface area contributed by atoms with Crippen LogP contribution in [0.4, 0.5) is 4.39 Å².